The molecule has 2 aromatic carbocycles. The van der Waals surface area contributed by atoms with Gasteiger partial charge in [0, 0.05) is 6.08 Å². The maximum absolute atomic E-state index is 12.7. The number of amides is 2. The summed E-state index contributed by atoms with van der Waals surface area (Å²) in [6.07, 6.45) is -2.30. The van der Waals surface area contributed by atoms with Crippen LogP contribution in [-0.4, -0.2) is 35.8 Å². The predicted octanol–water partition coefficient (Wildman–Crippen LogP) is 3.56. The Hall–Kier alpha value is -3.42. The van der Waals surface area contributed by atoms with Gasteiger partial charge in [0.15, 0.2) is 0 Å². The first-order valence-electron chi connectivity index (χ1n) is 8.24. The van der Waals surface area contributed by atoms with Crippen LogP contribution in [-0.2, 0) is 15.7 Å². The standard InChI is InChI=1S/C20H14F3NO4/c21-20(22,23)14-5-3-4-13(12-14)8-9-17(25)28-11-10-24-18(26)15-6-1-2-7-16(15)19(24)27/h1-9,12H,10-11H2/b9-8+. The van der Waals surface area contributed by atoms with Gasteiger partial charge in [-0.25, -0.2) is 4.79 Å². The number of alkyl halides is 3. The number of imide groups is 1. The summed E-state index contributed by atoms with van der Waals surface area (Å²) >= 11 is 0. The van der Waals surface area contributed by atoms with Crippen molar-refractivity contribution in [2.45, 2.75) is 6.18 Å². The second-order valence-electron chi connectivity index (χ2n) is 5.93. The Morgan fingerprint density at radius 3 is 2.25 bits per heavy atom. The SMILES string of the molecule is O=C(/C=C/c1cccc(C(F)(F)F)c1)OCCN1C(=O)c2ccccc2C1=O. The monoisotopic (exact) mass is 389 g/mol. The number of ether oxygens (including phenoxy) is 1. The first kappa shape index (κ1) is 19.3. The van der Waals surface area contributed by atoms with Crippen LogP contribution in [0.3, 0.4) is 0 Å². The zero-order chi connectivity index (χ0) is 20.3. The van der Waals surface area contributed by atoms with E-state index in [9.17, 15) is 27.6 Å². The average Bonchev–Trinajstić information content (AvgIpc) is 2.91. The summed E-state index contributed by atoms with van der Waals surface area (Å²) in [6, 6.07) is 10.9. The smallest absolute Gasteiger partial charge is 0.416 e. The lowest BCUT2D eigenvalue weighted by Crippen LogP contribution is -2.33. The van der Waals surface area contributed by atoms with Crippen LogP contribution in [0.1, 0.15) is 31.8 Å². The molecule has 28 heavy (non-hydrogen) atoms. The van der Waals surface area contributed by atoms with Gasteiger partial charge in [0.25, 0.3) is 11.8 Å². The van der Waals surface area contributed by atoms with E-state index in [0.29, 0.717) is 11.1 Å². The number of benzene rings is 2. The van der Waals surface area contributed by atoms with Gasteiger partial charge in [-0.3, -0.25) is 14.5 Å². The fourth-order valence-corrected chi connectivity index (χ4v) is 2.71. The maximum Gasteiger partial charge on any atom is 0.416 e. The number of carbonyl (C=O) groups is 3. The molecule has 3 rings (SSSR count). The fraction of sp³-hybridized carbons (Fsp3) is 0.150. The number of carbonyl (C=O) groups excluding carboxylic acids is 3. The van der Waals surface area contributed by atoms with Crippen LogP contribution in [0.25, 0.3) is 6.08 Å². The minimum absolute atomic E-state index is 0.116. The summed E-state index contributed by atoms with van der Waals surface area (Å²) in [6.45, 7) is -0.341. The quantitative estimate of drug-likeness (QED) is 0.446. The zero-order valence-electron chi connectivity index (χ0n) is 14.4. The minimum atomic E-state index is -4.48. The summed E-state index contributed by atoms with van der Waals surface area (Å²) in [5.41, 5.74) is -0.0488. The highest BCUT2D eigenvalue weighted by Gasteiger charge is 2.34. The van der Waals surface area contributed by atoms with Crippen molar-refractivity contribution in [3.8, 4) is 0 Å². The second kappa shape index (κ2) is 7.67. The van der Waals surface area contributed by atoms with E-state index in [1.807, 2.05) is 0 Å². The van der Waals surface area contributed by atoms with E-state index in [-0.39, 0.29) is 18.7 Å². The van der Waals surface area contributed by atoms with Crippen LogP contribution in [0.2, 0.25) is 0 Å². The highest BCUT2D eigenvalue weighted by molar-refractivity contribution is 6.21. The van der Waals surface area contributed by atoms with E-state index >= 15 is 0 Å². The van der Waals surface area contributed by atoms with Crippen molar-refractivity contribution < 1.29 is 32.3 Å². The van der Waals surface area contributed by atoms with E-state index in [1.54, 1.807) is 24.3 Å². The number of hydrogen-bond donors (Lipinski definition) is 0. The highest BCUT2D eigenvalue weighted by Crippen LogP contribution is 2.29. The van der Waals surface area contributed by atoms with Gasteiger partial charge >= 0.3 is 12.1 Å². The van der Waals surface area contributed by atoms with Gasteiger partial charge in [-0.1, -0.05) is 24.3 Å². The highest BCUT2D eigenvalue weighted by atomic mass is 19.4. The van der Waals surface area contributed by atoms with E-state index in [4.69, 9.17) is 4.74 Å². The van der Waals surface area contributed by atoms with Gasteiger partial charge in [0.1, 0.15) is 6.61 Å². The maximum atomic E-state index is 12.7. The molecule has 8 heteroatoms. The summed E-state index contributed by atoms with van der Waals surface area (Å²) in [5.74, 6) is -1.72. The number of fused-ring (bicyclic) bond motifs is 1. The lowest BCUT2D eigenvalue weighted by atomic mass is 10.1. The average molecular weight is 389 g/mol. The van der Waals surface area contributed by atoms with Crippen molar-refractivity contribution in [3.05, 3.63) is 76.9 Å². The molecular formula is C20H14F3NO4. The van der Waals surface area contributed by atoms with Crippen LogP contribution in [0, 0.1) is 0 Å². The first-order chi connectivity index (χ1) is 13.3. The van der Waals surface area contributed by atoms with Crippen molar-refractivity contribution in [1.29, 1.82) is 0 Å². The molecule has 0 radical (unpaired) electrons. The third-order valence-corrected chi connectivity index (χ3v) is 4.06. The predicted molar refractivity (Wildman–Crippen MR) is 93.2 cm³/mol. The molecule has 1 aliphatic rings. The van der Waals surface area contributed by atoms with Crippen molar-refractivity contribution >= 4 is 23.9 Å². The normalized spacial score (nSPS) is 13.9. The molecule has 0 N–H and O–H groups in total. The fourth-order valence-electron chi connectivity index (χ4n) is 2.71. The first-order valence-corrected chi connectivity index (χ1v) is 8.24. The Morgan fingerprint density at radius 2 is 1.64 bits per heavy atom. The molecule has 0 saturated carbocycles. The van der Waals surface area contributed by atoms with Gasteiger partial charge in [-0.2, -0.15) is 13.2 Å². The van der Waals surface area contributed by atoms with Crippen molar-refractivity contribution in [3.63, 3.8) is 0 Å². The van der Waals surface area contributed by atoms with Gasteiger partial charge in [0.2, 0.25) is 0 Å². The molecule has 0 bridgehead atoms. The van der Waals surface area contributed by atoms with E-state index in [2.05, 4.69) is 0 Å². The van der Waals surface area contributed by atoms with Crippen molar-refractivity contribution in [1.82, 2.24) is 4.90 Å². The van der Waals surface area contributed by atoms with Gasteiger partial charge < -0.3 is 4.74 Å². The Balaban J connectivity index is 1.54. The summed E-state index contributed by atoms with van der Waals surface area (Å²) in [5, 5.41) is 0. The Bertz CT molecular complexity index is 931. The van der Waals surface area contributed by atoms with E-state index in [0.717, 1.165) is 23.1 Å². The Labute approximate surface area is 158 Å². The summed E-state index contributed by atoms with van der Waals surface area (Å²) in [7, 11) is 0. The third-order valence-electron chi connectivity index (χ3n) is 4.06. The largest absolute Gasteiger partial charge is 0.461 e. The number of nitrogens with zero attached hydrogens (tertiary/aromatic N) is 1. The number of esters is 1. The molecule has 2 aromatic rings. The van der Waals surface area contributed by atoms with Crippen LogP contribution in [0.5, 0.6) is 0 Å². The second-order valence-corrected chi connectivity index (χ2v) is 5.93. The molecule has 2 amide bonds. The lowest BCUT2D eigenvalue weighted by molar-refractivity contribution is -0.138. The molecule has 5 nitrogen and oxygen atoms in total. The minimum Gasteiger partial charge on any atom is -0.461 e. The molecule has 144 valence electrons. The van der Waals surface area contributed by atoms with Gasteiger partial charge in [-0.15, -0.1) is 0 Å². The van der Waals surface area contributed by atoms with Crippen LogP contribution in [0.4, 0.5) is 13.2 Å². The molecule has 0 saturated heterocycles. The number of rotatable bonds is 5. The topological polar surface area (TPSA) is 63.7 Å². The van der Waals surface area contributed by atoms with Crippen molar-refractivity contribution in [2.24, 2.45) is 0 Å². The molecule has 0 unspecified atom stereocenters. The van der Waals surface area contributed by atoms with Crippen LogP contribution >= 0.6 is 0 Å². The third kappa shape index (κ3) is 4.11. The summed E-state index contributed by atoms with van der Waals surface area (Å²) in [4.78, 5) is 37.0. The summed E-state index contributed by atoms with van der Waals surface area (Å²) < 4.78 is 42.9. The zero-order valence-corrected chi connectivity index (χ0v) is 14.4. The molecule has 0 spiro atoms. The molecule has 0 fully saturated rings. The molecule has 0 aromatic heterocycles. The molecular weight excluding hydrogens is 375 g/mol. The van der Waals surface area contributed by atoms with Crippen LogP contribution < -0.4 is 0 Å². The Morgan fingerprint density at radius 1 is 1.00 bits per heavy atom. The number of hydrogen-bond acceptors (Lipinski definition) is 4. The molecule has 0 atom stereocenters. The van der Waals surface area contributed by atoms with Crippen LogP contribution in [0.15, 0.2) is 54.6 Å². The van der Waals surface area contributed by atoms with Gasteiger partial charge in [-0.05, 0) is 35.9 Å². The Kier molecular flexibility index (Phi) is 5.30. The van der Waals surface area contributed by atoms with E-state index < -0.39 is 29.5 Å². The molecule has 1 aliphatic heterocycles. The van der Waals surface area contributed by atoms with Crippen molar-refractivity contribution in [2.75, 3.05) is 13.2 Å². The lowest BCUT2D eigenvalue weighted by Gasteiger charge is -2.13. The molecule has 1 heterocycles. The van der Waals surface area contributed by atoms with E-state index in [1.165, 1.54) is 18.2 Å². The van der Waals surface area contributed by atoms with Gasteiger partial charge in [0.05, 0.1) is 23.2 Å². The molecule has 0 aliphatic carbocycles. The number of halogens is 3.